The minimum Gasteiger partial charge on any atom is -0.394 e. The van der Waals surface area contributed by atoms with Gasteiger partial charge in [-0.05, 0) is 16.3 Å². The van der Waals surface area contributed by atoms with E-state index in [9.17, 15) is 15.3 Å². The van der Waals surface area contributed by atoms with Crippen molar-refractivity contribution in [3.05, 3.63) is 54.4 Å². The number of hydrogen-bond donors (Lipinski definition) is 5. The van der Waals surface area contributed by atoms with Crippen LogP contribution in [0.4, 0.5) is 11.8 Å². The summed E-state index contributed by atoms with van der Waals surface area (Å²) < 4.78 is 7.08. The average Bonchev–Trinajstić information content (AvgIpc) is 3.33. The molecule has 160 valence electrons. The first kappa shape index (κ1) is 19.6. The van der Waals surface area contributed by atoms with E-state index in [1.807, 2.05) is 24.3 Å². The van der Waals surface area contributed by atoms with Crippen LogP contribution in [0, 0.1) is 0 Å². The van der Waals surface area contributed by atoms with Crippen molar-refractivity contribution in [3.63, 3.8) is 0 Å². The number of aliphatic hydroxyl groups is 3. The van der Waals surface area contributed by atoms with Gasteiger partial charge >= 0.3 is 0 Å². The van der Waals surface area contributed by atoms with Crippen LogP contribution in [0.5, 0.6) is 0 Å². The van der Waals surface area contributed by atoms with Crippen molar-refractivity contribution >= 4 is 33.7 Å². The van der Waals surface area contributed by atoms with Crippen LogP contribution in [0.25, 0.3) is 21.9 Å². The van der Waals surface area contributed by atoms with Gasteiger partial charge in [0.05, 0.1) is 12.9 Å². The summed E-state index contributed by atoms with van der Waals surface area (Å²) in [5, 5.41) is 35.2. The average molecular weight is 422 g/mol. The van der Waals surface area contributed by atoms with Crippen molar-refractivity contribution in [2.45, 2.75) is 31.1 Å². The molecule has 2 aromatic carbocycles. The Kier molecular flexibility index (Phi) is 4.91. The standard InChI is InChI=1S/C21H22N6O4/c22-18-15-19(27(10-24-15)20-17(30)16(29)14(9-28)31-20)26-21(25-18)23-8-12-6-3-5-11-4-1-2-7-13(11)12/h1-7,10,14,16-17,20,28-30H,8-9H2,(H3,22,23,25,26)/t14-,16-,17-,20?/m1/s1. The fraction of sp³-hybridized carbons (Fsp3) is 0.286. The van der Waals surface area contributed by atoms with Crippen molar-refractivity contribution in [1.82, 2.24) is 19.5 Å². The van der Waals surface area contributed by atoms with E-state index in [1.54, 1.807) is 0 Å². The minimum atomic E-state index is -1.25. The number of ether oxygens (including phenoxy) is 1. The predicted octanol–water partition coefficient (Wildman–Crippen LogP) is 0.785. The summed E-state index contributed by atoms with van der Waals surface area (Å²) in [7, 11) is 0. The van der Waals surface area contributed by atoms with E-state index >= 15 is 0 Å². The third-order valence-electron chi connectivity index (χ3n) is 5.56. The number of imidazole rings is 1. The Labute approximate surface area is 176 Å². The summed E-state index contributed by atoms with van der Waals surface area (Å²) in [6.45, 7) is 0.0601. The van der Waals surface area contributed by atoms with Gasteiger partial charge in [0.25, 0.3) is 0 Å². The van der Waals surface area contributed by atoms with Crippen molar-refractivity contribution in [3.8, 4) is 0 Å². The van der Waals surface area contributed by atoms with Crippen LogP contribution in [-0.2, 0) is 11.3 Å². The van der Waals surface area contributed by atoms with E-state index in [2.05, 4.69) is 38.5 Å². The Balaban J connectivity index is 1.46. The van der Waals surface area contributed by atoms with E-state index in [-0.39, 0.29) is 5.82 Å². The molecule has 0 aliphatic carbocycles. The lowest BCUT2D eigenvalue weighted by atomic mass is 10.0. The normalized spacial score (nSPS) is 23.6. The summed E-state index contributed by atoms with van der Waals surface area (Å²) in [6.07, 6.45) is -2.92. The minimum absolute atomic E-state index is 0.177. The Morgan fingerprint density at radius 1 is 1.06 bits per heavy atom. The zero-order chi connectivity index (χ0) is 21.5. The Morgan fingerprint density at radius 2 is 1.87 bits per heavy atom. The molecule has 10 nitrogen and oxygen atoms in total. The van der Waals surface area contributed by atoms with Gasteiger partial charge in [-0.15, -0.1) is 0 Å². The molecule has 1 unspecified atom stereocenters. The first-order valence-electron chi connectivity index (χ1n) is 9.90. The van der Waals surface area contributed by atoms with Gasteiger partial charge in [-0.1, -0.05) is 42.5 Å². The number of nitrogens with zero attached hydrogens (tertiary/aromatic N) is 4. The van der Waals surface area contributed by atoms with Gasteiger partial charge in [0.2, 0.25) is 5.95 Å². The molecule has 0 amide bonds. The molecule has 31 heavy (non-hydrogen) atoms. The summed E-state index contributed by atoms with van der Waals surface area (Å²) >= 11 is 0. The molecule has 5 rings (SSSR count). The molecule has 1 aliphatic rings. The highest BCUT2D eigenvalue weighted by molar-refractivity contribution is 5.86. The smallest absolute Gasteiger partial charge is 0.227 e. The number of aromatic nitrogens is 4. The van der Waals surface area contributed by atoms with Crippen LogP contribution in [0.1, 0.15) is 11.8 Å². The van der Waals surface area contributed by atoms with Crippen molar-refractivity contribution in [1.29, 1.82) is 0 Å². The van der Waals surface area contributed by atoms with Crippen LogP contribution < -0.4 is 11.1 Å². The number of aliphatic hydroxyl groups excluding tert-OH is 3. The van der Waals surface area contributed by atoms with Gasteiger partial charge < -0.3 is 31.1 Å². The second-order valence-corrected chi connectivity index (χ2v) is 7.48. The topological polar surface area (TPSA) is 152 Å². The molecule has 0 radical (unpaired) electrons. The van der Waals surface area contributed by atoms with Crippen LogP contribution in [0.2, 0.25) is 0 Å². The molecule has 3 heterocycles. The molecule has 0 spiro atoms. The molecule has 1 saturated heterocycles. The van der Waals surface area contributed by atoms with Gasteiger partial charge in [0.1, 0.15) is 23.8 Å². The maximum atomic E-state index is 10.4. The van der Waals surface area contributed by atoms with Gasteiger partial charge in [-0.25, -0.2) is 4.98 Å². The summed E-state index contributed by atoms with van der Waals surface area (Å²) in [5.41, 5.74) is 7.87. The van der Waals surface area contributed by atoms with Gasteiger partial charge in [0, 0.05) is 6.54 Å². The molecule has 1 aliphatic heterocycles. The first-order chi connectivity index (χ1) is 15.1. The van der Waals surface area contributed by atoms with Crippen LogP contribution in [0.15, 0.2) is 48.8 Å². The van der Waals surface area contributed by atoms with Crippen LogP contribution >= 0.6 is 0 Å². The molecule has 0 bridgehead atoms. The fourth-order valence-electron chi connectivity index (χ4n) is 3.93. The molecular formula is C21H22N6O4. The second kappa shape index (κ2) is 7.75. The molecule has 0 saturated carbocycles. The molecule has 1 fully saturated rings. The first-order valence-corrected chi connectivity index (χ1v) is 9.90. The largest absolute Gasteiger partial charge is 0.394 e. The van der Waals surface area contributed by atoms with E-state index in [1.165, 1.54) is 10.9 Å². The fourth-order valence-corrected chi connectivity index (χ4v) is 3.93. The quantitative estimate of drug-likeness (QED) is 0.314. The van der Waals surface area contributed by atoms with E-state index in [4.69, 9.17) is 10.5 Å². The molecular weight excluding hydrogens is 400 g/mol. The number of fused-ring (bicyclic) bond motifs is 2. The lowest BCUT2D eigenvalue weighted by Gasteiger charge is -2.17. The summed E-state index contributed by atoms with van der Waals surface area (Å²) in [5.74, 6) is 0.474. The van der Waals surface area contributed by atoms with Gasteiger partial charge in [-0.3, -0.25) is 4.57 Å². The van der Waals surface area contributed by atoms with E-state index < -0.39 is 31.1 Å². The number of anilines is 2. The van der Waals surface area contributed by atoms with Gasteiger partial charge in [-0.2, -0.15) is 9.97 Å². The maximum Gasteiger partial charge on any atom is 0.227 e. The highest BCUT2D eigenvalue weighted by atomic mass is 16.6. The van der Waals surface area contributed by atoms with Crippen LogP contribution in [0.3, 0.4) is 0 Å². The number of rotatable bonds is 5. The summed E-state index contributed by atoms with van der Waals surface area (Å²) in [6, 6.07) is 14.2. The van der Waals surface area contributed by atoms with Crippen LogP contribution in [-0.4, -0.2) is 59.8 Å². The Morgan fingerprint density at radius 3 is 2.68 bits per heavy atom. The van der Waals surface area contributed by atoms with Crippen molar-refractivity contribution < 1.29 is 20.1 Å². The number of nitrogens with two attached hydrogens (primary N) is 1. The predicted molar refractivity (Wildman–Crippen MR) is 114 cm³/mol. The van der Waals surface area contributed by atoms with E-state index in [0.717, 1.165) is 16.3 Å². The number of benzene rings is 2. The lowest BCUT2D eigenvalue weighted by molar-refractivity contribution is -0.0511. The zero-order valence-corrected chi connectivity index (χ0v) is 16.5. The third-order valence-corrected chi connectivity index (χ3v) is 5.56. The molecule has 6 N–H and O–H groups in total. The van der Waals surface area contributed by atoms with Gasteiger partial charge in [0.15, 0.2) is 17.7 Å². The van der Waals surface area contributed by atoms with Crippen molar-refractivity contribution in [2.24, 2.45) is 0 Å². The maximum absolute atomic E-state index is 10.4. The number of nitrogen functional groups attached to an aromatic ring is 1. The Hall–Kier alpha value is -3.31. The van der Waals surface area contributed by atoms with Crippen molar-refractivity contribution in [2.75, 3.05) is 17.7 Å². The number of nitrogens with one attached hydrogen (secondary N) is 1. The molecule has 2 aromatic heterocycles. The lowest BCUT2D eigenvalue weighted by Crippen LogP contribution is -2.33. The highest BCUT2D eigenvalue weighted by Crippen LogP contribution is 2.32. The zero-order valence-electron chi connectivity index (χ0n) is 16.5. The summed E-state index contributed by atoms with van der Waals surface area (Å²) in [4.78, 5) is 13.0. The highest BCUT2D eigenvalue weighted by Gasteiger charge is 2.44. The molecule has 4 aromatic rings. The Bertz CT molecular complexity index is 1240. The number of hydrogen-bond acceptors (Lipinski definition) is 9. The second-order valence-electron chi connectivity index (χ2n) is 7.48. The SMILES string of the molecule is Nc1nc(NCc2cccc3ccccc23)nc2c1ncn2C1O[C@H](CO)[C@@H](O)[C@H]1O. The van der Waals surface area contributed by atoms with E-state index in [0.29, 0.717) is 23.7 Å². The molecule has 10 heteroatoms. The monoisotopic (exact) mass is 422 g/mol. The third kappa shape index (κ3) is 3.35. The molecule has 4 atom stereocenters.